The van der Waals surface area contributed by atoms with Crippen LogP contribution in [-0.2, 0) is 11.3 Å². The van der Waals surface area contributed by atoms with Crippen LogP contribution in [0.2, 0.25) is 0 Å². The maximum Gasteiger partial charge on any atom is 0.312 e. The molecule has 1 aliphatic rings. The maximum atomic E-state index is 12.3. The number of aromatic nitrogens is 2. The number of halogens is 1. The summed E-state index contributed by atoms with van der Waals surface area (Å²) in [4.78, 5) is 24.6. The van der Waals surface area contributed by atoms with Crippen molar-refractivity contribution < 1.29 is 9.72 Å². The Balaban J connectivity index is 0.00000264. The van der Waals surface area contributed by atoms with Gasteiger partial charge < -0.3 is 10.6 Å². The van der Waals surface area contributed by atoms with Crippen LogP contribution < -0.4 is 5.73 Å². The molecule has 0 bridgehead atoms. The van der Waals surface area contributed by atoms with Crippen LogP contribution in [0.1, 0.15) is 31.2 Å². The third-order valence-corrected chi connectivity index (χ3v) is 4.47. The van der Waals surface area contributed by atoms with E-state index in [2.05, 4.69) is 12.0 Å². The van der Waals surface area contributed by atoms with Crippen LogP contribution in [0, 0.1) is 29.4 Å². The van der Waals surface area contributed by atoms with Crippen molar-refractivity contribution in [2.75, 3.05) is 19.6 Å². The van der Waals surface area contributed by atoms with Crippen LogP contribution in [0.4, 0.5) is 5.69 Å². The van der Waals surface area contributed by atoms with Gasteiger partial charge in [0.2, 0.25) is 5.91 Å². The van der Waals surface area contributed by atoms with Crippen molar-refractivity contribution in [1.82, 2.24) is 14.7 Å². The zero-order valence-corrected chi connectivity index (χ0v) is 14.6. The van der Waals surface area contributed by atoms with Crippen LogP contribution in [0.3, 0.4) is 0 Å². The monoisotopic (exact) mass is 345 g/mol. The normalized spacial score (nSPS) is 20.4. The Morgan fingerprint density at radius 3 is 2.61 bits per heavy atom. The van der Waals surface area contributed by atoms with Crippen LogP contribution in [0.15, 0.2) is 0 Å². The molecule has 1 fully saturated rings. The van der Waals surface area contributed by atoms with E-state index in [4.69, 9.17) is 5.73 Å². The van der Waals surface area contributed by atoms with Gasteiger partial charge in [-0.25, -0.2) is 0 Å². The summed E-state index contributed by atoms with van der Waals surface area (Å²) in [6, 6.07) is 0. The summed E-state index contributed by atoms with van der Waals surface area (Å²) < 4.78 is 1.55. The smallest absolute Gasteiger partial charge is 0.312 e. The van der Waals surface area contributed by atoms with E-state index >= 15 is 0 Å². The Labute approximate surface area is 141 Å². The Morgan fingerprint density at radius 2 is 2.13 bits per heavy atom. The van der Waals surface area contributed by atoms with Crippen molar-refractivity contribution >= 4 is 24.0 Å². The van der Waals surface area contributed by atoms with E-state index in [1.165, 1.54) is 0 Å². The molecule has 2 rings (SSSR count). The second kappa shape index (κ2) is 7.27. The summed E-state index contributed by atoms with van der Waals surface area (Å²) >= 11 is 0. The van der Waals surface area contributed by atoms with Gasteiger partial charge in [0.15, 0.2) is 0 Å². The van der Waals surface area contributed by atoms with E-state index < -0.39 is 4.92 Å². The summed E-state index contributed by atoms with van der Waals surface area (Å²) in [5, 5.41) is 15.1. The molecule has 1 aliphatic heterocycles. The van der Waals surface area contributed by atoms with E-state index in [9.17, 15) is 14.9 Å². The molecule has 0 saturated carbocycles. The number of nitrogens with two attached hydrogens (primary N) is 1. The molecule has 1 aromatic heterocycles. The molecule has 1 aromatic rings. The summed E-state index contributed by atoms with van der Waals surface area (Å²) in [6.07, 6.45) is 1.21. The number of likely N-dealkylation sites (tertiary alicyclic amines) is 1. The highest BCUT2D eigenvalue weighted by molar-refractivity contribution is 5.85. The summed E-state index contributed by atoms with van der Waals surface area (Å²) in [6.45, 7) is 7.68. The van der Waals surface area contributed by atoms with Gasteiger partial charge in [-0.05, 0) is 32.2 Å². The predicted molar refractivity (Wildman–Crippen MR) is 88.6 cm³/mol. The highest BCUT2D eigenvalue weighted by Gasteiger charge is 2.34. The number of nitrogens with zero attached hydrogens (tertiary/aromatic N) is 4. The van der Waals surface area contributed by atoms with E-state index in [-0.39, 0.29) is 29.4 Å². The standard InChI is InChI=1S/C14H23N5O3.ClH/c1-10-13(19(21)22)11(2)18(16-10)6-4-12(20)17-7-5-14(3,8-15)9-17;/h4-9,15H2,1-3H3;1H. The minimum Gasteiger partial charge on any atom is -0.342 e. The van der Waals surface area contributed by atoms with E-state index in [1.807, 2.05) is 4.90 Å². The van der Waals surface area contributed by atoms with Gasteiger partial charge in [-0.1, -0.05) is 6.92 Å². The molecule has 1 amide bonds. The van der Waals surface area contributed by atoms with Gasteiger partial charge in [0.05, 0.1) is 11.5 Å². The molecule has 9 heteroatoms. The molecule has 1 atom stereocenters. The molecule has 1 saturated heterocycles. The molecule has 0 aromatic carbocycles. The van der Waals surface area contributed by atoms with Crippen LogP contribution >= 0.6 is 12.4 Å². The van der Waals surface area contributed by atoms with Crippen molar-refractivity contribution in [2.24, 2.45) is 11.1 Å². The lowest BCUT2D eigenvalue weighted by Gasteiger charge is -2.22. The molecule has 1 unspecified atom stereocenters. The van der Waals surface area contributed by atoms with Crippen LogP contribution in [0.5, 0.6) is 0 Å². The van der Waals surface area contributed by atoms with Crippen molar-refractivity contribution in [2.45, 2.75) is 40.2 Å². The van der Waals surface area contributed by atoms with Crippen molar-refractivity contribution in [3.05, 3.63) is 21.5 Å². The quantitative estimate of drug-likeness (QED) is 0.641. The highest BCUT2D eigenvalue weighted by Crippen LogP contribution is 2.29. The molecule has 2 heterocycles. The predicted octanol–water partition coefficient (Wildman–Crippen LogP) is 1.42. The van der Waals surface area contributed by atoms with Gasteiger partial charge >= 0.3 is 5.69 Å². The number of hydrogen-bond acceptors (Lipinski definition) is 5. The zero-order chi connectivity index (χ0) is 16.5. The first-order chi connectivity index (χ1) is 10.3. The van der Waals surface area contributed by atoms with Gasteiger partial charge in [0, 0.05) is 19.5 Å². The summed E-state index contributed by atoms with van der Waals surface area (Å²) in [5.41, 5.74) is 6.66. The Kier molecular flexibility index (Phi) is 6.12. The number of rotatable bonds is 5. The molecular formula is C14H24ClN5O3. The minimum absolute atomic E-state index is 0. The molecule has 0 aliphatic carbocycles. The molecule has 0 spiro atoms. The lowest BCUT2D eigenvalue weighted by atomic mass is 9.90. The number of carbonyl (C=O) groups excluding carboxylic acids is 1. The molecule has 130 valence electrons. The number of nitro groups is 1. The summed E-state index contributed by atoms with van der Waals surface area (Å²) in [5.74, 6) is 0.0485. The largest absolute Gasteiger partial charge is 0.342 e. The van der Waals surface area contributed by atoms with E-state index in [0.717, 1.165) is 13.0 Å². The van der Waals surface area contributed by atoms with Crippen molar-refractivity contribution in [3.63, 3.8) is 0 Å². The Bertz CT molecular complexity index is 603. The first kappa shape index (κ1) is 19.4. The number of hydrogen-bond donors (Lipinski definition) is 1. The summed E-state index contributed by atoms with van der Waals surface area (Å²) in [7, 11) is 0. The average molecular weight is 346 g/mol. The lowest BCUT2D eigenvalue weighted by molar-refractivity contribution is -0.386. The van der Waals surface area contributed by atoms with Gasteiger partial charge in [-0.2, -0.15) is 5.10 Å². The Hall–Kier alpha value is -1.67. The molecule has 0 radical (unpaired) electrons. The van der Waals surface area contributed by atoms with E-state index in [1.54, 1.807) is 18.5 Å². The Morgan fingerprint density at radius 1 is 1.48 bits per heavy atom. The third-order valence-electron chi connectivity index (χ3n) is 4.47. The fourth-order valence-electron chi connectivity index (χ4n) is 2.93. The van der Waals surface area contributed by atoms with Crippen LogP contribution in [0.25, 0.3) is 0 Å². The topological polar surface area (TPSA) is 107 Å². The minimum atomic E-state index is -0.427. The van der Waals surface area contributed by atoms with Gasteiger partial charge in [-0.3, -0.25) is 19.6 Å². The maximum absolute atomic E-state index is 12.3. The lowest BCUT2D eigenvalue weighted by Crippen LogP contribution is -2.34. The second-order valence-corrected chi connectivity index (χ2v) is 6.33. The fraction of sp³-hybridized carbons (Fsp3) is 0.714. The SMILES string of the molecule is Cc1nn(CCC(=O)N2CCC(C)(CN)C2)c(C)c1[N+](=O)[O-].Cl. The third kappa shape index (κ3) is 4.00. The molecule has 8 nitrogen and oxygen atoms in total. The number of carbonyl (C=O) groups is 1. The number of aryl methyl sites for hydroxylation is 2. The first-order valence-electron chi connectivity index (χ1n) is 7.43. The van der Waals surface area contributed by atoms with Gasteiger partial charge in [0.1, 0.15) is 11.4 Å². The van der Waals surface area contributed by atoms with Gasteiger partial charge in [0.25, 0.3) is 0 Å². The fourth-order valence-corrected chi connectivity index (χ4v) is 2.93. The molecule has 23 heavy (non-hydrogen) atoms. The molecule has 2 N–H and O–H groups in total. The average Bonchev–Trinajstić information content (AvgIpc) is 2.98. The van der Waals surface area contributed by atoms with Crippen LogP contribution in [-0.4, -0.2) is 45.1 Å². The zero-order valence-electron chi connectivity index (χ0n) is 13.7. The van der Waals surface area contributed by atoms with E-state index in [0.29, 0.717) is 37.4 Å². The number of amides is 1. The first-order valence-corrected chi connectivity index (χ1v) is 7.43. The second-order valence-electron chi connectivity index (χ2n) is 6.33. The highest BCUT2D eigenvalue weighted by atomic mass is 35.5. The van der Waals surface area contributed by atoms with Gasteiger partial charge in [-0.15, -0.1) is 12.4 Å². The molecular weight excluding hydrogens is 322 g/mol. The van der Waals surface area contributed by atoms with Crippen molar-refractivity contribution in [3.8, 4) is 0 Å². The van der Waals surface area contributed by atoms with Crippen molar-refractivity contribution in [1.29, 1.82) is 0 Å².